The zero-order valence-electron chi connectivity index (χ0n) is 22.7. The van der Waals surface area contributed by atoms with Gasteiger partial charge < -0.3 is 25.8 Å². The molecule has 37 heavy (non-hydrogen) atoms. The van der Waals surface area contributed by atoms with E-state index in [1.807, 2.05) is 44.2 Å². The van der Waals surface area contributed by atoms with Gasteiger partial charge in [-0.15, -0.1) is 0 Å². The number of hydrogen-bond acceptors (Lipinski definition) is 5. The maximum atomic E-state index is 12.9. The monoisotopic (exact) mass is 517 g/mol. The number of amides is 3. The number of nitrogens with one attached hydrogen (secondary N) is 3. The Bertz CT molecular complexity index is 906. The van der Waals surface area contributed by atoms with Crippen LogP contribution in [0.4, 0.5) is 4.79 Å². The SMILES string of the molecule is CC[C@@H](C)[C@H](NC(=O)OC(C)(C)C)C(=O)NCC1CCC(C(=O)N[C@@H](Cc2ccccc2)C(=O)O)CC1. The van der Waals surface area contributed by atoms with Crippen LogP contribution in [0.1, 0.15) is 72.3 Å². The Labute approximate surface area is 220 Å². The molecule has 0 aliphatic heterocycles. The number of ether oxygens (including phenoxy) is 1. The van der Waals surface area contributed by atoms with Gasteiger partial charge in [0.25, 0.3) is 0 Å². The normalized spacial score (nSPS) is 20.1. The molecule has 1 aromatic carbocycles. The van der Waals surface area contributed by atoms with E-state index in [4.69, 9.17) is 4.74 Å². The van der Waals surface area contributed by atoms with E-state index in [1.165, 1.54) is 0 Å². The molecule has 0 saturated heterocycles. The van der Waals surface area contributed by atoms with Crippen LogP contribution in [0, 0.1) is 17.8 Å². The molecule has 1 aliphatic rings. The Kier molecular flexibility index (Phi) is 11.4. The predicted octanol–water partition coefficient (Wildman–Crippen LogP) is 3.66. The van der Waals surface area contributed by atoms with Crippen LogP contribution in [0.2, 0.25) is 0 Å². The fourth-order valence-electron chi connectivity index (χ4n) is 4.46. The Balaban J connectivity index is 1.83. The van der Waals surface area contributed by atoms with Crippen LogP contribution < -0.4 is 16.0 Å². The van der Waals surface area contributed by atoms with Gasteiger partial charge in [0.1, 0.15) is 17.7 Å². The first-order valence-electron chi connectivity index (χ1n) is 13.2. The van der Waals surface area contributed by atoms with Crippen molar-refractivity contribution < 1.29 is 29.0 Å². The molecule has 0 aromatic heterocycles. The topological polar surface area (TPSA) is 134 Å². The summed E-state index contributed by atoms with van der Waals surface area (Å²) in [5.41, 5.74) is 0.198. The summed E-state index contributed by atoms with van der Waals surface area (Å²) < 4.78 is 5.31. The molecular weight excluding hydrogens is 474 g/mol. The second kappa shape index (κ2) is 14.0. The standard InChI is InChI=1S/C28H43N3O6/c1-6-18(2)23(31-27(36)37-28(3,4)5)25(33)29-17-20-12-14-21(15-13-20)24(32)30-22(26(34)35)16-19-10-8-7-9-11-19/h7-11,18,20-23H,6,12-17H2,1-5H3,(H,29,33)(H,30,32)(H,31,36)(H,34,35)/t18-,20?,21?,22+,23+/m1/s1. The highest BCUT2D eigenvalue weighted by atomic mass is 16.6. The van der Waals surface area contributed by atoms with E-state index in [-0.39, 0.29) is 36.0 Å². The van der Waals surface area contributed by atoms with Crippen LogP contribution >= 0.6 is 0 Å². The van der Waals surface area contributed by atoms with Gasteiger partial charge in [-0.2, -0.15) is 0 Å². The Morgan fingerprint density at radius 1 is 1.03 bits per heavy atom. The lowest BCUT2D eigenvalue weighted by molar-refractivity contribution is -0.142. The number of carbonyl (C=O) groups is 4. The van der Waals surface area contributed by atoms with Crippen molar-refractivity contribution in [1.82, 2.24) is 16.0 Å². The third kappa shape index (κ3) is 10.4. The van der Waals surface area contributed by atoms with Crippen molar-refractivity contribution in [3.63, 3.8) is 0 Å². The lowest BCUT2D eigenvalue weighted by atomic mass is 9.81. The van der Waals surface area contributed by atoms with Crippen LogP contribution in [-0.2, 0) is 25.5 Å². The van der Waals surface area contributed by atoms with Gasteiger partial charge in [0.15, 0.2) is 0 Å². The molecule has 3 amide bonds. The molecule has 206 valence electrons. The van der Waals surface area contributed by atoms with E-state index < -0.39 is 29.7 Å². The highest BCUT2D eigenvalue weighted by Crippen LogP contribution is 2.29. The maximum absolute atomic E-state index is 12.9. The number of carboxylic acids is 1. The number of carboxylic acid groups (broad SMARTS) is 1. The predicted molar refractivity (Wildman–Crippen MR) is 141 cm³/mol. The van der Waals surface area contributed by atoms with Crippen LogP contribution in [0.3, 0.4) is 0 Å². The van der Waals surface area contributed by atoms with Crippen LogP contribution in [0.25, 0.3) is 0 Å². The summed E-state index contributed by atoms with van der Waals surface area (Å²) in [7, 11) is 0. The van der Waals surface area contributed by atoms with Crippen molar-refractivity contribution in [3.8, 4) is 0 Å². The van der Waals surface area contributed by atoms with E-state index in [9.17, 15) is 24.3 Å². The molecule has 0 heterocycles. The lowest BCUT2D eigenvalue weighted by Crippen LogP contribution is -2.52. The van der Waals surface area contributed by atoms with Crippen molar-refractivity contribution in [2.75, 3.05) is 6.54 Å². The van der Waals surface area contributed by atoms with E-state index in [0.717, 1.165) is 24.8 Å². The first-order valence-corrected chi connectivity index (χ1v) is 13.2. The van der Waals surface area contributed by atoms with Crippen LogP contribution in [0.15, 0.2) is 30.3 Å². The fraction of sp³-hybridized carbons (Fsp3) is 0.643. The highest BCUT2D eigenvalue weighted by molar-refractivity contribution is 5.86. The molecule has 0 spiro atoms. The van der Waals surface area contributed by atoms with E-state index in [1.54, 1.807) is 20.8 Å². The van der Waals surface area contributed by atoms with Gasteiger partial charge in [-0.25, -0.2) is 9.59 Å². The third-order valence-corrected chi connectivity index (χ3v) is 6.85. The minimum atomic E-state index is -1.05. The molecule has 1 saturated carbocycles. The number of aliphatic carboxylic acids is 1. The number of rotatable bonds is 11. The summed E-state index contributed by atoms with van der Waals surface area (Å²) in [4.78, 5) is 49.6. The second-order valence-electron chi connectivity index (χ2n) is 11.1. The molecule has 4 N–H and O–H groups in total. The van der Waals surface area contributed by atoms with Crippen molar-refractivity contribution in [1.29, 1.82) is 0 Å². The van der Waals surface area contributed by atoms with E-state index in [2.05, 4.69) is 16.0 Å². The largest absolute Gasteiger partial charge is 0.480 e. The lowest BCUT2D eigenvalue weighted by Gasteiger charge is -2.30. The summed E-state index contributed by atoms with van der Waals surface area (Å²) in [5.74, 6) is -1.62. The number of benzene rings is 1. The summed E-state index contributed by atoms with van der Waals surface area (Å²) in [6.07, 6.45) is 3.11. The van der Waals surface area contributed by atoms with E-state index >= 15 is 0 Å². The van der Waals surface area contributed by atoms with Gasteiger partial charge in [0.2, 0.25) is 11.8 Å². The molecule has 0 radical (unpaired) electrons. The molecule has 0 bridgehead atoms. The van der Waals surface area contributed by atoms with Crippen LogP contribution in [-0.4, -0.2) is 53.2 Å². The maximum Gasteiger partial charge on any atom is 0.408 e. The Morgan fingerprint density at radius 3 is 2.19 bits per heavy atom. The van der Waals surface area contributed by atoms with Crippen molar-refractivity contribution in [2.24, 2.45) is 17.8 Å². The Hall–Kier alpha value is -3.10. The third-order valence-electron chi connectivity index (χ3n) is 6.85. The summed E-state index contributed by atoms with van der Waals surface area (Å²) in [6.45, 7) is 9.64. The van der Waals surface area contributed by atoms with Gasteiger partial charge >= 0.3 is 12.1 Å². The molecule has 3 atom stereocenters. The number of alkyl carbamates (subject to hydrolysis) is 1. The molecule has 1 aliphatic carbocycles. The zero-order valence-corrected chi connectivity index (χ0v) is 22.7. The minimum absolute atomic E-state index is 0.0648. The average Bonchev–Trinajstić information content (AvgIpc) is 2.84. The number of carbonyl (C=O) groups excluding carboxylic acids is 3. The smallest absolute Gasteiger partial charge is 0.408 e. The highest BCUT2D eigenvalue weighted by Gasteiger charge is 2.31. The van der Waals surface area contributed by atoms with Gasteiger partial charge in [0.05, 0.1) is 0 Å². The second-order valence-corrected chi connectivity index (χ2v) is 11.1. The van der Waals surface area contributed by atoms with Gasteiger partial charge in [-0.1, -0.05) is 50.6 Å². The molecule has 0 unspecified atom stereocenters. The molecule has 1 fully saturated rings. The average molecular weight is 518 g/mol. The first kappa shape index (κ1) is 30.1. The fourth-order valence-corrected chi connectivity index (χ4v) is 4.46. The van der Waals surface area contributed by atoms with Crippen LogP contribution in [0.5, 0.6) is 0 Å². The van der Waals surface area contributed by atoms with Gasteiger partial charge in [-0.05, 0) is 63.9 Å². The van der Waals surface area contributed by atoms with E-state index in [0.29, 0.717) is 19.4 Å². The number of hydrogen-bond donors (Lipinski definition) is 4. The molecular formula is C28H43N3O6. The summed E-state index contributed by atoms with van der Waals surface area (Å²) in [6, 6.07) is 7.57. The van der Waals surface area contributed by atoms with Crippen molar-refractivity contribution >= 4 is 23.9 Å². The Morgan fingerprint density at radius 2 is 1.65 bits per heavy atom. The van der Waals surface area contributed by atoms with Gasteiger partial charge in [0, 0.05) is 18.9 Å². The quantitative estimate of drug-likeness (QED) is 0.354. The summed E-state index contributed by atoms with van der Waals surface area (Å²) >= 11 is 0. The van der Waals surface area contributed by atoms with Crippen molar-refractivity contribution in [3.05, 3.63) is 35.9 Å². The minimum Gasteiger partial charge on any atom is -0.480 e. The first-order chi connectivity index (χ1) is 17.4. The molecule has 9 nitrogen and oxygen atoms in total. The van der Waals surface area contributed by atoms with Gasteiger partial charge in [-0.3, -0.25) is 9.59 Å². The molecule has 1 aromatic rings. The zero-order chi connectivity index (χ0) is 27.6. The van der Waals surface area contributed by atoms with Crippen molar-refractivity contribution in [2.45, 2.75) is 90.8 Å². The summed E-state index contributed by atoms with van der Waals surface area (Å²) in [5, 5.41) is 17.9. The molecule has 2 rings (SSSR count). The molecule has 9 heteroatoms.